The molecule has 0 bridgehead atoms. The number of allylic oxidation sites excluding steroid dienone is 1. The number of phenols is 1. The molecule has 2 aromatic carbocycles. The lowest BCUT2D eigenvalue weighted by Crippen LogP contribution is -2.46. The average molecular weight is 385 g/mol. The van der Waals surface area contributed by atoms with E-state index in [0.29, 0.717) is 11.1 Å². The monoisotopic (exact) mass is 385 g/mol. The van der Waals surface area contributed by atoms with Gasteiger partial charge in [-0.15, -0.1) is 12.6 Å². The van der Waals surface area contributed by atoms with E-state index in [9.17, 15) is 18.7 Å². The molecule has 0 saturated carbocycles. The Kier molecular flexibility index (Phi) is 5.14. The second kappa shape index (κ2) is 7.51. The molecule has 0 fully saturated rings. The van der Waals surface area contributed by atoms with Crippen LogP contribution in [0.5, 0.6) is 5.75 Å². The standard InChI is InChI=1S/C19H13F2N3O2S/c20-14-7-11(8-15(21)17(14)25)12-4-2-1-3-10(12)5-6-16-13(9-22)18(26)24-19(27)23-16/h1-8,19,23,25,27H,(H,24,26)/b6-5+. The molecule has 1 amide bonds. The lowest BCUT2D eigenvalue weighted by Gasteiger charge is -2.22. The normalized spacial score (nSPS) is 16.8. The van der Waals surface area contributed by atoms with Crippen molar-refractivity contribution in [3.05, 3.63) is 70.9 Å². The Bertz CT molecular complexity index is 1000. The highest BCUT2D eigenvalue weighted by molar-refractivity contribution is 7.80. The first kappa shape index (κ1) is 18.5. The average Bonchev–Trinajstić information content (AvgIpc) is 2.64. The van der Waals surface area contributed by atoms with Gasteiger partial charge in [-0.25, -0.2) is 8.78 Å². The Morgan fingerprint density at radius 2 is 1.81 bits per heavy atom. The van der Waals surface area contributed by atoms with Gasteiger partial charge in [0.15, 0.2) is 17.4 Å². The van der Waals surface area contributed by atoms with Gasteiger partial charge in [-0.05, 0) is 34.9 Å². The smallest absolute Gasteiger partial charge is 0.266 e. The van der Waals surface area contributed by atoms with Crippen molar-refractivity contribution >= 4 is 24.6 Å². The summed E-state index contributed by atoms with van der Waals surface area (Å²) >= 11 is 4.12. The number of rotatable bonds is 3. The molecule has 0 aromatic heterocycles. The molecule has 0 spiro atoms. The summed E-state index contributed by atoms with van der Waals surface area (Å²) in [6.07, 6.45) is 3.13. The minimum Gasteiger partial charge on any atom is -0.503 e. The molecule has 27 heavy (non-hydrogen) atoms. The van der Waals surface area contributed by atoms with Crippen LogP contribution in [0, 0.1) is 23.0 Å². The minimum absolute atomic E-state index is 0.101. The number of thiol groups is 1. The Morgan fingerprint density at radius 3 is 2.48 bits per heavy atom. The van der Waals surface area contributed by atoms with Gasteiger partial charge in [0, 0.05) is 0 Å². The molecule has 3 N–H and O–H groups in total. The molecule has 1 atom stereocenters. The van der Waals surface area contributed by atoms with E-state index in [-0.39, 0.29) is 16.8 Å². The SMILES string of the molecule is N#CC1=C(/C=C/c2ccccc2-c2cc(F)c(O)c(F)c2)NC(S)NC1=O. The van der Waals surface area contributed by atoms with Crippen molar-refractivity contribution in [2.75, 3.05) is 0 Å². The number of phenolic OH excluding ortho intramolecular Hbond substituents is 1. The number of nitrogens with one attached hydrogen (secondary N) is 2. The first-order valence-electron chi connectivity index (χ1n) is 7.76. The number of nitrogens with zero attached hydrogens (tertiary/aromatic N) is 1. The van der Waals surface area contributed by atoms with Crippen LogP contribution < -0.4 is 10.6 Å². The van der Waals surface area contributed by atoms with Crippen LogP contribution in [-0.2, 0) is 4.79 Å². The van der Waals surface area contributed by atoms with Gasteiger partial charge in [-0.2, -0.15) is 5.26 Å². The van der Waals surface area contributed by atoms with Crippen LogP contribution in [0.15, 0.2) is 53.7 Å². The molecule has 5 nitrogen and oxygen atoms in total. The molecule has 3 rings (SSSR count). The minimum atomic E-state index is -1.07. The van der Waals surface area contributed by atoms with Crippen LogP contribution in [0.1, 0.15) is 5.56 Å². The molecule has 1 heterocycles. The summed E-state index contributed by atoms with van der Waals surface area (Å²) < 4.78 is 27.4. The number of aromatic hydroxyl groups is 1. The first-order chi connectivity index (χ1) is 12.9. The number of halogens is 2. The van der Waals surface area contributed by atoms with Crippen molar-refractivity contribution in [3.63, 3.8) is 0 Å². The van der Waals surface area contributed by atoms with Crippen LogP contribution >= 0.6 is 12.6 Å². The number of carbonyl (C=O) groups is 1. The highest BCUT2D eigenvalue weighted by atomic mass is 32.1. The quantitative estimate of drug-likeness (QED) is 0.612. The van der Waals surface area contributed by atoms with Crippen molar-refractivity contribution in [1.82, 2.24) is 10.6 Å². The fraction of sp³-hybridized carbons (Fsp3) is 0.0526. The molecule has 1 aliphatic rings. The van der Waals surface area contributed by atoms with E-state index in [0.717, 1.165) is 12.1 Å². The number of hydrogen-bond acceptors (Lipinski definition) is 5. The molecule has 1 aliphatic heterocycles. The van der Waals surface area contributed by atoms with Crippen LogP contribution in [0.25, 0.3) is 17.2 Å². The molecule has 0 radical (unpaired) electrons. The maximum absolute atomic E-state index is 13.7. The predicted octanol–water partition coefficient (Wildman–Crippen LogP) is 3.06. The zero-order chi connectivity index (χ0) is 19.6. The van der Waals surface area contributed by atoms with Gasteiger partial charge < -0.3 is 15.7 Å². The topological polar surface area (TPSA) is 85.2 Å². The number of carbonyl (C=O) groups excluding carboxylic acids is 1. The molecule has 0 aliphatic carbocycles. The van der Waals surface area contributed by atoms with E-state index in [1.165, 1.54) is 6.08 Å². The van der Waals surface area contributed by atoms with Gasteiger partial charge in [-0.3, -0.25) is 4.79 Å². The zero-order valence-electron chi connectivity index (χ0n) is 13.7. The summed E-state index contributed by atoms with van der Waals surface area (Å²) in [5.74, 6) is -3.72. The summed E-state index contributed by atoms with van der Waals surface area (Å²) in [4.78, 5) is 11.8. The van der Waals surface area contributed by atoms with Gasteiger partial charge >= 0.3 is 0 Å². The summed E-state index contributed by atoms with van der Waals surface area (Å²) in [6, 6.07) is 10.7. The summed E-state index contributed by atoms with van der Waals surface area (Å²) in [5.41, 5.74) is 0.863. The maximum atomic E-state index is 13.7. The third kappa shape index (κ3) is 3.78. The highest BCUT2D eigenvalue weighted by Gasteiger charge is 2.22. The number of amides is 1. The Hall–Kier alpha value is -3.31. The highest BCUT2D eigenvalue weighted by Crippen LogP contribution is 2.30. The molecule has 2 aromatic rings. The van der Waals surface area contributed by atoms with Crippen LogP contribution in [0.3, 0.4) is 0 Å². The summed E-state index contributed by atoms with van der Waals surface area (Å²) in [6.45, 7) is 0. The third-order valence-electron chi connectivity index (χ3n) is 3.89. The Balaban J connectivity index is 2.04. The van der Waals surface area contributed by atoms with Crippen molar-refractivity contribution in [3.8, 4) is 22.9 Å². The fourth-order valence-corrected chi connectivity index (χ4v) is 2.87. The largest absolute Gasteiger partial charge is 0.503 e. The number of benzene rings is 2. The second-order valence-corrected chi connectivity index (χ2v) is 6.15. The Morgan fingerprint density at radius 1 is 1.15 bits per heavy atom. The number of nitriles is 1. The lowest BCUT2D eigenvalue weighted by molar-refractivity contribution is -0.117. The van der Waals surface area contributed by atoms with Gasteiger partial charge in [0.1, 0.15) is 17.1 Å². The van der Waals surface area contributed by atoms with Crippen LogP contribution in [0.2, 0.25) is 0 Å². The van der Waals surface area contributed by atoms with Crippen molar-refractivity contribution < 1.29 is 18.7 Å². The van der Waals surface area contributed by atoms with Gasteiger partial charge in [-0.1, -0.05) is 30.3 Å². The molecule has 0 saturated heterocycles. The van der Waals surface area contributed by atoms with E-state index in [1.54, 1.807) is 30.3 Å². The van der Waals surface area contributed by atoms with Gasteiger partial charge in [0.05, 0.1) is 5.70 Å². The van der Waals surface area contributed by atoms with Gasteiger partial charge in [0.25, 0.3) is 5.91 Å². The van der Waals surface area contributed by atoms with Crippen molar-refractivity contribution in [2.45, 2.75) is 5.50 Å². The summed E-state index contributed by atoms with van der Waals surface area (Å²) in [5, 5.41) is 23.7. The molecule has 136 valence electrons. The second-order valence-electron chi connectivity index (χ2n) is 5.63. The predicted molar refractivity (Wildman–Crippen MR) is 99.2 cm³/mol. The van der Waals surface area contributed by atoms with E-state index in [1.807, 2.05) is 6.07 Å². The van der Waals surface area contributed by atoms with Crippen LogP contribution in [-0.4, -0.2) is 16.5 Å². The first-order valence-corrected chi connectivity index (χ1v) is 8.27. The molecule has 8 heteroatoms. The van der Waals surface area contributed by atoms with Crippen molar-refractivity contribution in [2.24, 2.45) is 0 Å². The zero-order valence-corrected chi connectivity index (χ0v) is 14.6. The summed E-state index contributed by atoms with van der Waals surface area (Å²) in [7, 11) is 0. The molecular formula is C19H13F2N3O2S. The van der Waals surface area contributed by atoms with E-state index >= 15 is 0 Å². The fourth-order valence-electron chi connectivity index (χ4n) is 2.62. The lowest BCUT2D eigenvalue weighted by atomic mass is 9.98. The van der Waals surface area contributed by atoms with E-state index < -0.39 is 28.8 Å². The Labute approximate surface area is 159 Å². The molecule has 1 unspecified atom stereocenters. The van der Waals surface area contributed by atoms with Gasteiger partial charge in [0.2, 0.25) is 0 Å². The third-order valence-corrected chi connectivity index (χ3v) is 4.14. The van der Waals surface area contributed by atoms with E-state index in [2.05, 4.69) is 23.3 Å². The van der Waals surface area contributed by atoms with E-state index in [4.69, 9.17) is 5.26 Å². The van der Waals surface area contributed by atoms with Crippen LogP contribution in [0.4, 0.5) is 8.78 Å². The molecular weight excluding hydrogens is 372 g/mol. The van der Waals surface area contributed by atoms with Crippen molar-refractivity contribution in [1.29, 1.82) is 5.26 Å². The maximum Gasteiger partial charge on any atom is 0.266 e. The number of hydrogen-bond donors (Lipinski definition) is 4.